The van der Waals surface area contributed by atoms with Gasteiger partial charge in [-0.15, -0.1) is 0 Å². The van der Waals surface area contributed by atoms with E-state index in [9.17, 15) is 0 Å². The maximum atomic E-state index is 4.89. The zero-order valence-electron chi connectivity index (χ0n) is 14.7. The molecule has 25 heavy (non-hydrogen) atoms. The highest BCUT2D eigenvalue weighted by Gasteiger charge is 2.43. The molecule has 0 atom stereocenters. The average molecular weight is 333 g/mol. The van der Waals surface area contributed by atoms with Gasteiger partial charge in [0.05, 0.1) is 5.41 Å². The normalized spacial score (nSPS) is 15.6. The molecule has 4 rings (SSSR count). The highest BCUT2D eigenvalue weighted by molar-refractivity contribution is 5.53. The van der Waals surface area contributed by atoms with Crippen LogP contribution >= 0.6 is 0 Å². The standard InChI is InChI=1S/C20H23N5/c1-3-16-13-17(22-18-12-14(2)24-25-18)23-19(21-16)20(10-7-11-20)15-8-5-4-6-9-15/h4-6,8-9,12-13H,3,7,10-11H2,1-2H3,(H2,21,22,23,24,25). The van der Waals surface area contributed by atoms with Crippen LogP contribution in [0.1, 0.15) is 49.0 Å². The number of aromatic nitrogens is 4. The summed E-state index contributed by atoms with van der Waals surface area (Å²) in [7, 11) is 0. The van der Waals surface area contributed by atoms with Crippen molar-refractivity contribution < 1.29 is 0 Å². The number of nitrogens with zero attached hydrogens (tertiary/aromatic N) is 3. The lowest BCUT2D eigenvalue weighted by molar-refractivity contribution is 0.284. The molecule has 0 radical (unpaired) electrons. The summed E-state index contributed by atoms with van der Waals surface area (Å²) in [4.78, 5) is 9.77. The second-order valence-corrected chi connectivity index (χ2v) is 6.78. The Morgan fingerprint density at radius 3 is 2.48 bits per heavy atom. The first-order chi connectivity index (χ1) is 12.2. The Labute approximate surface area is 147 Å². The second-order valence-electron chi connectivity index (χ2n) is 6.78. The number of benzene rings is 1. The lowest BCUT2D eigenvalue weighted by Crippen LogP contribution is -2.37. The van der Waals surface area contributed by atoms with Crippen molar-refractivity contribution in [2.24, 2.45) is 0 Å². The molecular formula is C20H23N5. The van der Waals surface area contributed by atoms with E-state index in [0.717, 1.165) is 48.1 Å². The molecule has 0 bridgehead atoms. The summed E-state index contributed by atoms with van der Waals surface area (Å²) in [5.41, 5.74) is 3.34. The van der Waals surface area contributed by atoms with E-state index in [2.05, 4.69) is 52.8 Å². The van der Waals surface area contributed by atoms with E-state index in [1.807, 2.05) is 19.1 Å². The monoisotopic (exact) mass is 333 g/mol. The topological polar surface area (TPSA) is 66.5 Å². The molecule has 5 nitrogen and oxygen atoms in total. The summed E-state index contributed by atoms with van der Waals surface area (Å²) in [5, 5.41) is 10.5. The third-order valence-corrected chi connectivity index (χ3v) is 5.07. The largest absolute Gasteiger partial charge is 0.323 e. The minimum Gasteiger partial charge on any atom is -0.323 e. The minimum absolute atomic E-state index is 0.0512. The smallest absolute Gasteiger partial charge is 0.153 e. The van der Waals surface area contributed by atoms with Gasteiger partial charge < -0.3 is 5.32 Å². The summed E-state index contributed by atoms with van der Waals surface area (Å²) in [6.45, 7) is 4.12. The molecule has 0 amide bonds. The molecule has 2 aromatic heterocycles. The summed E-state index contributed by atoms with van der Waals surface area (Å²) < 4.78 is 0. The van der Waals surface area contributed by atoms with Crippen LogP contribution in [0, 0.1) is 6.92 Å². The molecule has 1 aliphatic rings. The van der Waals surface area contributed by atoms with E-state index < -0.39 is 0 Å². The number of rotatable bonds is 5. The third kappa shape index (κ3) is 2.90. The SMILES string of the molecule is CCc1cc(Nc2cc(C)[nH]n2)nc(C2(c3ccccc3)CCC2)n1. The number of hydrogen-bond acceptors (Lipinski definition) is 4. The third-order valence-electron chi connectivity index (χ3n) is 5.07. The first-order valence-corrected chi connectivity index (χ1v) is 8.92. The Kier molecular flexibility index (Phi) is 3.99. The molecule has 0 spiro atoms. The van der Waals surface area contributed by atoms with Gasteiger partial charge in [-0.05, 0) is 31.7 Å². The van der Waals surface area contributed by atoms with Crippen LogP contribution in [0.3, 0.4) is 0 Å². The van der Waals surface area contributed by atoms with Crippen molar-refractivity contribution in [3.63, 3.8) is 0 Å². The molecule has 0 unspecified atom stereocenters. The lowest BCUT2D eigenvalue weighted by Gasteiger charge is -2.41. The quantitative estimate of drug-likeness (QED) is 0.731. The van der Waals surface area contributed by atoms with Gasteiger partial charge in [0, 0.05) is 23.5 Å². The Bertz CT molecular complexity index is 865. The fourth-order valence-electron chi connectivity index (χ4n) is 3.50. The van der Waals surface area contributed by atoms with Gasteiger partial charge in [0.2, 0.25) is 0 Å². The van der Waals surface area contributed by atoms with Gasteiger partial charge in [0.1, 0.15) is 11.6 Å². The van der Waals surface area contributed by atoms with Crippen molar-refractivity contribution in [1.29, 1.82) is 0 Å². The molecule has 128 valence electrons. The predicted octanol–water partition coefficient (Wildman–Crippen LogP) is 4.28. The van der Waals surface area contributed by atoms with Crippen LogP contribution in [0.4, 0.5) is 11.6 Å². The molecule has 2 N–H and O–H groups in total. The van der Waals surface area contributed by atoms with Crippen LogP contribution in [-0.4, -0.2) is 20.2 Å². The van der Waals surface area contributed by atoms with Gasteiger partial charge in [-0.3, -0.25) is 5.10 Å². The highest BCUT2D eigenvalue weighted by atomic mass is 15.2. The molecule has 3 aromatic rings. The van der Waals surface area contributed by atoms with Gasteiger partial charge in [-0.25, -0.2) is 9.97 Å². The first kappa shape index (κ1) is 15.8. The number of nitrogens with one attached hydrogen (secondary N) is 2. The van der Waals surface area contributed by atoms with Gasteiger partial charge >= 0.3 is 0 Å². The Balaban J connectivity index is 1.75. The molecule has 5 heteroatoms. The van der Waals surface area contributed by atoms with Gasteiger partial charge in [0.15, 0.2) is 5.82 Å². The maximum Gasteiger partial charge on any atom is 0.153 e. The molecule has 0 saturated heterocycles. The van der Waals surface area contributed by atoms with Crippen molar-refractivity contribution in [3.8, 4) is 0 Å². The molecule has 2 heterocycles. The van der Waals surface area contributed by atoms with Crippen LogP contribution in [-0.2, 0) is 11.8 Å². The molecule has 0 aliphatic heterocycles. The maximum absolute atomic E-state index is 4.89. The van der Waals surface area contributed by atoms with E-state index in [0.29, 0.717) is 0 Å². The summed E-state index contributed by atoms with van der Waals surface area (Å²) in [6.07, 6.45) is 4.31. The summed E-state index contributed by atoms with van der Waals surface area (Å²) in [5.74, 6) is 2.53. The predicted molar refractivity (Wildman–Crippen MR) is 99.1 cm³/mol. The number of H-pyrrole nitrogens is 1. The van der Waals surface area contributed by atoms with E-state index in [4.69, 9.17) is 9.97 Å². The van der Waals surface area contributed by atoms with Crippen molar-refractivity contribution in [3.05, 3.63) is 65.2 Å². The Hall–Kier alpha value is -2.69. The Morgan fingerprint density at radius 1 is 1.08 bits per heavy atom. The van der Waals surface area contributed by atoms with Gasteiger partial charge in [0.25, 0.3) is 0 Å². The van der Waals surface area contributed by atoms with Gasteiger partial charge in [-0.1, -0.05) is 43.7 Å². The van der Waals surface area contributed by atoms with Crippen LogP contribution in [0.2, 0.25) is 0 Å². The fourth-order valence-corrected chi connectivity index (χ4v) is 3.50. The van der Waals surface area contributed by atoms with Crippen LogP contribution in [0.15, 0.2) is 42.5 Å². The van der Waals surface area contributed by atoms with Crippen LogP contribution in [0.25, 0.3) is 0 Å². The average Bonchev–Trinajstić information content (AvgIpc) is 2.99. The van der Waals surface area contributed by atoms with Gasteiger partial charge in [-0.2, -0.15) is 5.10 Å². The molecule has 1 aromatic carbocycles. The number of hydrogen-bond donors (Lipinski definition) is 2. The second kappa shape index (κ2) is 6.31. The zero-order chi connectivity index (χ0) is 17.3. The van der Waals surface area contributed by atoms with Crippen molar-refractivity contribution in [2.45, 2.75) is 44.9 Å². The number of anilines is 2. The minimum atomic E-state index is -0.0512. The summed E-state index contributed by atoms with van der Waals surface area (Å²) >= 11 is 0. The van der Waals surface area contributed by atoms with Crippen molar-refractivity contribution >= 4 is 11.6 Å². The number of aromatic amines is 1. The lowest BCUT2D eigenvalue weighted by atomic mass is 9.64. The van der Waals surface area contributed by atoms with Crippen LogP contribution < -0.4 is 5.32 Å². The van der Waals surface area contributed by atoms with E-state index in [-0.39, 0.29) is 5.41 Å². The molecule has 1 saturated carbocycles. The first-order valence-electron chi connectivity index (χ1n) is 8.92. The zero-order valence-corrected chi connectivity index (χ0v) is 14.7. The van der Waals surface area contributed by atoms with E-state index >= 15 is 0 Å². The number of aryl methyl sites for hydroxylation is 2. The van der Waals surface area contributed by atoms with Crippen molar-refractivity contribution in [2.75, 3.05) is 5.32 Å². The molecular weight excluding hydrogens is 310 g/mol. The van der Waals surface area contributed by atoms with E-state index in [1.54, 1.807) is 0 Å². The molecule has 1 aliphatic carbocycles. The van der Waals surface area contributed by atoms with Crippen LogP contribution in [0.5, 0.6) is 0 Å². The van der Waals surface area contributed by atoms with Crippen molar-refractivity contribution in [1.82, 2.24) is 20.2 Å². The molecule has 1 fully saturated rings. The Morgan fingerprint density at radius 2 is 1.88 bits per heavy atom. The highest BCUT2D eigenvalue weighted by Crippen LogP contribution is 2.47. The van der Waals surface area contributed by atoms with E-state index in [1.165, 1.54) is 12.0 Å². The fraction of sp³-hybridized carbons (Fsp3) is 0.350. The summed E-state index contributed by atoms with van der Waals surface area (Å²) in [6, 6.07) is 14.7.